The van der Waals surface area contributed by atoms with Crippen LogP contribution in [-0.4, -0.2) is 55.1 Å². The molecule has 0 aliphatic rings. The quantitative estimate of drug-likeness (QED) is 0.295. The van der Waals surface area contributed by atoms with Crippen LogP contribution in [0.2, 0.25) is 0 Å². The SMILES string of the molecule is CCC(C)N(CC(=O)N(CCc1ccc(OC)c(OC)c1)Cc1cccs1)C(=O)Nc1ccc(C)c(C)c1. The molecule has 2 aromatic carbocycles. The minimum Gasteiger partial charge on any atom is -0.493 e. The third-order valence-corrected chi connectivity index (χ3v) is 7.71. The Morgan fingerprint density at radius 2 is 1.76 bits per heavy atom. The van der Waals surface area contributed by atoms with Crippen molar-refractivity contribution in [1.82, 2.24) is 9.80 Å². The second-order valence-corrected chi connectivity index (χ2v) is 10.5. The molecule has 0 aliphatic carbocycles. The predicted octanol–water partition coefficient (Wildman–Crippen LogP) is 6.29. The highest BCUT2D eigenvalue weighted by Gasteiger charge is 2.25. The predicted molar refractivity (Wildman–Crippen MR) is 154 cm³/mol. The molecule has 3 amide bonds. The van der Waals surface area contributed by atoms with E-state index in [0.717, 1.165) is 33.7 Å². The maximum absolute atomic E-state index is 13.7. The number of anilines is 1. The summed E-state index contributed by atoms with van der Waals surface area (Å²) >= 11 is 1.62. The average Bonchev–Trinajstić information content (AvgIpc) is 3.44. The monoisotopic (exact) mass is 537 g/mol. The van der Waals surface area contributed by atoms with Crippen molar-refractivity contribution in [3.63, 3.8) is 0 Å². The molecule has 1 N–H and O–H groups in total. The molecule has 7 nitrogen and oxygen atoms in total. The van der Waals surface area contributed by atoms with E-state index in [9.17, 15) is 9.59 Å². The van der Waals surface area contributed by atoms with Gasteiger partial charge in [-0.05, 0) is 86.0 Å². The lowest BCUT2D eigenvalue weighted by Gasteiger charge is -2.31. The first kappa shape index (κ1) is 29.0. The Hall–Kier alpha value is -3.52. The van der Waals surface area contributed by atoms with E-state index in [2.05, 4.69) is 5.32 Å². The summed E-state index contributed by atoms with van der Waals surface area (Å²) < 4.78 is 10.8. The summed E-state index contributed by atoms with van der Waals surface area (Å²) in [6, 6.07) is 15.3. The number of carbonyl (C=O) groups excluding carboxylic acids is 2. The number of hydrogen-bond donors (Lipinski definition) is 1. The Labute approximate surface area is 230 Å². The van der Waals surface area contributed by atoms with Gasteiger partial charge in [0.05, 0.1) is 20.8 Å². The number of ether oxygens (including phenoxy) is 2. The molecule has 204 valence electrons. The molecule has 0 aliphatic heterocycles. The number of carbonyl (C=O) groups is 2. The zero-order valence-electron chi connectivity index (χ0n) is 23.2. The summed E-state index contributed by atoms with van der Waals surface area (Å²) in [5, 5.41) is 5.00. The van der Waals surface area contributed by atoms with Gasteiger partial charge in [0.2, 0.25) is 5.91 Å². The van der Waals surface area contributed by atoms with Crippen LogP contribution in [0.25, 0.3) is 0 Å². The summed E-state index contributed by atoms with van der Waals surface area (Å²) in [6.45, 7) is 9.06. The molecule has 1 unspecified atom stereocenters. The molecule has 0 spiro atoms. The lowest BCUT2D eigenvalue weighted by Crippen LogP contribution is -2.48. The van der Waals surface area contributed by atoms with E-state index in [0.29, 0.717) is 31.0 Å². The first-order valence-corrected chi connectivity index (χ1v) is 13.8. The first-order valence-electron chi connectivity index (χ1n) is 12.9. The van der Waals surface area contributed by atoms with Gasteiger partial charge in [-0.3, -0.25) is 4.79 Å². The van der Waals surface area contributed by atoms with Crippen molar-refractivity contribution >= 4 is 29.0 Å². The second-order valence-electron chi connectivity index (χ2n) is 9.45. The third-order valence-electron chi connectivity index (χ3n) is 6.85. The van der Waals surface area contributed by atoms with Crippen LogP contribution in [0.5, 0.6) is 11.5 Å². The number of amides is 3. The fraction of sp³-hybridized carbons (Fsp3) is 0.400. The lowest BCUT2D eigenvalue weighted by molar-refractivity contribution is -0.132. The zero-order chi connectivity index (χ0) is 27.7. The highest BCUT2D eigenvalue weighted by atomic mass is 32.1. The second kappa shape index (κ2) is 13.9. The minimum atomic E-state index is -0.271. The standard InChI is InChI=1S/C30H39N3O4S/c1-7-23(4)33(30(35)31-25-12-10-21(2)22(3)17-25)20-29(34)32(19-26-9-8-16-38-26)15-14-24-11-13-27(36-5)28(18-24)37-6/h8-13,16-18,23H,7,14-15,19-20H2,1-6H3,(H,31,35). The van der Waals surface area contributed by atoms with E-state index < -0.39 is 0 Å². The Balaban J connectivity index is 1.76. The zero-order valence-corrected chi connectivity index (χ0v) is 24.1. The molecule has 1 heterocycles. The maximum atomic E-state index is 13.7. The fourth-order valence-corrected chi connectivity index (χ4v) is 4.81. The van der Waals surface area contributed by atoms with Crippen molar-refractivity contribution in [2.75, 3.05) is 32.6 Å². The molecule has 3 aromatic rings. The molecule has 3 rings (SSSR count). The summed E-state index contributed by atoms with van der Waals surface area (Å²) in [6.07, 6.45) is 1.39. The summed E-state index contributed by atoms with van der Waals surface area (Å²) in [5.74, 6) is 1.24. The van der Waals surface area contributed by atoms with Gasteiger partial charge in [-0.25, -0.2) is 4.79 Å². The molecule has 0 saturated heterocycles. The smallest absolute Gasteiger partial charge is 0.322 e. The van der Waals surface area contributed by atoms with Crippen LogP contribution in [-0.2, 0) is 17.8 Å². The molecule has 0 radical (unpaired) electrons. The molecular formula is C30H39N3O4S. The number of nitrogens with one attached hydrogen (secondary N) is 1. The Morgan fingerprint density at radius 3 is 2.39 bits per heavy atom. The number of hydrogen-bond acceptors (Lipinski definition) is 5. The first-order chi connectivity index (χ1) is 18.2. The molecule has 0 saturated carbocycles. The van der Waals surface area contributed by atoms with Crippen LogP contribution in [0.15, 0.2) is 53.9 Å². The number of methoxy groups -OCH3 is 2. The topological polar surface area (TPSA) is 71.1 Å². The molecular weight excluding hydrogens is 498 g/mol. The van der Waals surface area contributed by atoms with Crippen molar-refractivity contribution in [2.45, 2.75) is 53.1 Å². The van der Waals surface area contributed by atoms with Crippen LogP contribution in [0, 0.1) is 13.8 Å². The molecule has 8 heteroatoms. The van der Waals surface area contributed by atoms with Gasteiger partial charge in [-0.2, -0.15) is 0 Å². The van der Waals surface area contributed by atoms with Crippen LogP contribution in [0.4, 0.5) is 10.5 Å². The van der Waals surface area contributed by atoms with E-state index in [4.69, 9.17) is 9.47 Å². The molecule has 0 bridgehead atoms. The lowest BCUT2D eigenvalue weighted by atomic mass is 10.1. The summed E-state index contributed by atoms with van der Waals surface area (Å²) in [7, 11) is 3.22. The van der Waals surface area contributed by atoms with Crippen molar-refractivity contribution in [3.05, 3.63) is 75.5 Å². The van der Waals surface area contributed by atoms with Crippen molar-refractivity contribution < 1.29 is 19.1 Å². The number of nitrogens with zero attached hydrogens (tertiary/aromatic N) is 2. The summed E-state index contributed by atoms with van der Waals surface area (Å²) in [4.78, 5) is 31.5. The van der Waals surface area contributed by atoms with Gasteiger partial charge in [0.15, 0.2) is 11.5 Å². The fourth-order valence-electron chi connectivity index (χ4n) is 4.09. The molecule has 0 fully saturated rings. The van der Waals surface area contributed by atoms with E-state index >= 15 is 0 Å². The highest BCUT2D eigenvalue weighted by Crippen LogP contribution is 2.28. The summed E-state index contributed by atoms with van der Waals surface area (Å²) in [5.41, 5.74) is 4.03. The average molecular weight is 538 g/mol. The highest BCUT2D eigenvalue weighted by molar-refractivity contribution is 7.09. The van der Waals surface area contributed by atoms with E-state index in [-0.39, 0.29) is 24.5 Å². The van der Waals surface area contributed by atoms with Gasteiger partial charge in [0, 0.05) is 23.2 Å². The van der Waals surface area contributed by atoms with E-state index in [1.807, 2.05) is 86.5 Å². The van der Waals surface area contributed by atoms with E-state index in [1.54, 1.807) is 30.5 Å². The Morgan fingerprint density at radius 1 is 1.00 bits per heavy atom. The Bertz CT molecular complexity index is 1210. The third kappa shape index (κ3) is 7.74. The van der Waals surface area contributed by atoms with Crippen LogP contribution in [0.3, 0.4) is 0 Å². The molecule has 1 aromatic heterocycles. The number of urea groups is 1. The van der Waals surface area contributed by atoms with Crippen LogP contribution in [0.1, 0.15) is 41.8 Å². The number of benzene rings is 2. The van der Waals surface area contributed by atoms with Crippen LogP contribution < -0.4 is 14.8 Å². The van der Waals surface area contributed by atoms with E-state index in [1.165, 1.54) is 0 Å². The van der Waals surface area contributed by atoms with Gasteiger partial charge in [-0.15, -0.1) is 11.3 Å². The number of thiophene rings is 1. The largest absolute Gasteiger partial charge is 0.493 e. The van der Waals surface area contributed by atoms with Gasteiger partial charge in [0.25, 0.3) is 0 Å². The van der Waals surface area contributed by atoms with Crippen molar-refractivity contribution in [1.29, 1.82) is 0 Å². The van der Waals surface area contributed by atoms with Gasteiger partial charge >= 0.3 is 6.03 Å². The molecule has 38 heavy (non-hydrogen) atoms. The van der Waals surface area contributed by atoms with Gasteiger partial charge in [0.1, 0.15) is 6.54 Å². The maximum Gasteiger partial charge on any atom is 0.322 e. The van der Waals surface area contributed by atoms with Crippen molar-refractivity contribution in [3.8, 4) is 11.5 Å². The number of aryl methyl sites for hydroxylation is 2. The minimum absolute atomic E-state index is 0.00297. The Kier molecular flexibility index (Phi) is 10.6. The molecule has 1 atom stereocenters. The van der Waals surface area contributed by atoms with Crippen LogP contribution >= 0.6 is 11.3 Å². The van der Waals surface area contributed by atoms with Gasteiger partial charge in [-0.1, -0.05) is 25.1 Å². The van der Waals surface area contributed by atoms with Gasteiger partial charge < -0.3 is 24.6 Å². The number of rotatable bonds is 12. The van der Waals surface area contributed by atoms with Crippen molar-refractivity contribution in [2.24, 2.45) is 0 Å². The normalized spacial score (nSPS) is 11.5.